The number of carbonyl (C=O) groups excluding carboxylic acids is 1. The second-order valence-corrected chi connectivity index (χ2v) is 8.50. The third-order valence-electron chi connectivity index (χ3n) is 6.78. The second-order valence-electron chi connectivity index (χ2n) is 8.50. The quantitative estimate of drug-likeness (QED) is 0.772. The largest absolute Gasteiger partial charge is 0.353 e. The van der Waals surface area contributed by atoms with Gasteiger partial charge in [-0.3, -0.25) is 4.79 Å². The molecule has 0 aromatic heterocycles. The van der Waals surface area contributed by atoms with Crippen molar-refractivity contribution in [3.8, 4) is 0 Å². The summed E-state index contributed by atoms with van der Waals surface area (Å²) < 4.78 is 0. The van der Waals surface area contributed by atoms with Crippen LogP contribution in [0.3, 0.4) is 0 Å². The molecule has 0 aromatic rings. The van der Waals surface area contributed by atoms with E-state index in [4.69, 9.17) is 0 Å². The Hall–Kier alpha value is -0.0300. The average Bonchev–Trinajstić information content (AvgIpc) is 3.18. The predicted molar refractivity (Wildman–Crippen MR) is 107 cm³/mol. The van der Waals surface area contributed by atoms with Gasteiger partial charge in [-0.15, -0.1) is 24.8 Å². The van der Waals surface area contributed by atoms with Crippen LogP contribution in [0.1, 0.15) is 70.6 Å². The zero-order valence-corrected chi connectivity index (χ0v) is 16.9. The summed E-state index contributed by atoms with van der Waals surface area (Å²) in [5, 5.41) is 7.01. The zero-order chi connectivity index (χ0) is 15.6. The maximum Gasteiger partial charge on any atom is 0.220 e. The Balaban J connectivity index is 0.00000113. The molecule has 2 unspecified atom stereocenters. The third kappa shape index (κ3) is 5.47. The summed E-state index contributed by atoms with van der Waals surface area (Å²) in [6, 6.07) is 2.66. The van der Waals surface area contributed by atoms with Crippen molar-refractivity contribution in [3.05, 3.63) is 0 Å². The molecule has 0 aromatic carbocycles. The van der Waals surface area contributed by atoms with Crippen LogP contribution in [0.2, 0.25) is 0 Å². The van der Waals surface area contributed by atoms with Crippen molar-refractivity contribution in [2.75, 3.05) is 13.1 Å². The van der Waals surface area contributed by atoms with Crippen molar-refractivity contribution in [1.29, 1.82) is 0 Å². The third-order valence-corrected chi connectivity index (χ3v) is 6.78. The van der Waals surface area contributed by atoms with Crippen LogP contribution in [0, 0.1) is 5.92 Å². The van der Waals surface area contributed by atoms with E-state index in [1.807, 2.05) is 0 Å². The van der Waals surface area contributed by atoms with Gasteiger partial charge in [-0.2, -0.15) is 0 Å². The lowest BCUT2D eigenvalue weighted by Crippen LogP contribution is -2.48. The summed E-state index contributed by atoms with van der Waals surface area (Å²) in [7, 11) is 0. The van der Waals surface area contributed by atoms with Gasteiger partial charge in [0.2, 0.25) is 5.91 Å². The number of nitrogens with zero attached hydrogens (tertiary/aromatic N) is 1. The number of rotatable bonds is 4. The van der Waals surface area contributed by atoms with Crippen molar-refractivity contribution in [1.82, 2.24) is 15.5 Å². The topological polar surface area (TPSA) is 44.4 Å². The van der Waals surface area contributed by atoms with E-state index < -0.39 is 0 Å². The molecule has 1 amide bonds. The van der Waals surface area contributed by atoms with E-state index in [0.29, 0.717) is 30.0 Å². The van der Waals surface area contributed by atoms with E-state index in [0.717, 1.165) is 25.3 Å². The lowest BCUT2D eigenvalue weighted by Gasteiger charge is -2.36. The molecule has 0 spiro atoms. The Bertz CT molecular complexity index is 411. The SMILES string of the molecule is Cl.Cl.O=C(CC1CC2CCC(C1)N2)NC1CCN(C2CCCC2)CC1. The van der Waals surface area contributed by atoms with Crippen molar-refractivity contribution >= 4 is 30.7 Å². The van der Waals surface area contributed by atoms with Crippen LogP contribution >= 0.6 is 24.8 Å². The van der Waals surface area contributed by atoms with Gasteiger partial charge in [0.05, 0.1) is 0 Å². The highest BCUT2D eigenvalue weighted by Crippen LogP contribution is 2.32. The number of piperidine rings is 2. The van der Waals surface area contributed by atoms with E-state index in [9.17, 15) is 4.79 Å². The molecule has 4 aliphatic rings. The maximum absolute atomic E-state index is 12.4. The molecular formula is C19H35Cl2N3O. The number of halogens is 2. The normalized spacial score (nSPS) is 33.5. The molecule has 1 saturated carbocycles. The number of fused-ring (bicyclic) bond motifs is 2. The molecule has 2 atom stereocenters. The molecule has 25 heavy (non-hydrogen) atoms. The Morgan fingerprint density at radius 1 is 0.920 bits per heavy atom. The first-order valence-electron chi connectivity index (χ1n) is 10.1. The van der Waals surface area contributed by atoms with E-state index >= 15 is 0 Å². The van der Waals surface area contributed by atoms with Crippen molar-refractivity contribution in [2.45, 2.75) is 94.8 Å². The minimum absolute atomic E-state index is 0. The summed E-state index contributed by atoms with van der Waals surface area (Å²) in [6.45, 7) is 2.38. The smallest absolute Gasteiger partial charge is 0.220 e. The molecule has 1 aliphatic carbocycles. The molecule has 3 aliphatic heterocycles. The van der Waals surface area contributed by atoms with Gasteiger partial charge in [-0.05, 0) is 57.3 Å². The van der Waals surface area contributed by atoms with Crippen LogP contribution in [0.25, 0.3) is 0 Å². The van der Waals surface area contributed by atoms with Gasteiger partial charge in [-0.25, -0.2) is 0 Å². The molecule has 4 rings (SSSR count). The molecule has 0 radical (unpaired) electrons. The molecule has 4 fully saturated rings. The summed E-state index contributed by atoms with van der Waals surface area (Å²) in [4.78, 5) is 15.1. The van der Waals surface area contributed by atoms with Gasteiger partial charge >= 0.3 is 0 Å². The van der Waals surface area contributed by atoms with Crippen LogP contribution in [-0.4, -0.2) is 48.1 Å². The standard InChI is InChI=1S/C19H33N3O.2ClH/c23-19(13-14-11-16-5-6-17(12-14)20-16)21-15-7-9-22(10-8-15)18-3-1-2-4-18;;/h14-18,20H,1-13H2,(H,21,23);2*1H. The molecule has 146 valence electrons. The lowest BCUT2D eigenvalue weighted by molar-refractivity contribution is -0.123. The fourth-order valence-corrected chi connectivity index (χ4v) is 5.57. The number of amides is 1. The van der Waals surface area contributed by atoms with E-state index in [1.165, 1.54) is 64.5 Å². The summed E-state index contributed by atoms with van der Waals surface area (Å²) in [5.74, 6) is 0.933. The first kappa shape index (κ1) is 21.3. The van der Waals surface area contributed by atoms with Gasteiger partial charge in [0.25, 0.3) is 0 Å². The molecule has 3 heterocycles. The average molecular weight is 392 g/mol. The minimum atomic E-state index is 0. The van der Waals surface area contributed by atoms with Crippen LogP contribution in [0.4, 0.5) is 0 Å². The van der Waals surface area contributed by atoms with Crippen LogP contribution in [0.15, 0.2) is 0 Å². The Labute approximate surface area is 165 Å². The van der Waals surface area contributed by atoms with Gasteiger partial charge in [-0.1, -0.05) is 12.8 Å². The second kappa shape index (κ2) is 9.77. The molecular weight excluding hydrogens is 357 g/mol. The minimum Gasteiger partial charge on any atom is -0.353 e. The number of carbonyl (C=O) groups is 1. The molecule has 6 heteroatoms. The van der Waals surface area contributed by atoms with Crippen LogP contribution in [-0.2, 0) is 4.79 Å². The molecule has 3 saturated heterocycles. The number of nitrogens with one attached hydrogen (secondary N) is 2. The van der Waals surface area contributed by atoms with Gasteiger partial charge in [0.15, 0.2) is 0 Å². The Morgan fingerprint density at radius 2 is 1.52 bits per heavy atom. The van der Waals surface area contributed by atoms with Crippen LogP contribution < -0.4 is 10.6 Å². The van der Waals surface area contributed by atoms with E-state index in [2.05, 4.69) is 15.5 Å². The highest BCUT2D eigenvalue weighted by molar-refractivity contribution is 5.85. The van der Waals surface area contributed by atoms with Crippen molar-refractivity contribution < 1.29 is 4.79 Å². The van der Waals surface area contributed by atoms with E-state index in [-0.39, 0.29) is 24.8 Å². The number of likely N-dealkylation sites (tertiary alicyclic amines) is 1. The monoisotopic (exact) mass is 391 g/mol. The summed E-state index contributed by atoms with van der Waals surface area (Å²) in [6.07, 6.45) is 13.8. The highest BCUT2D eigenvalue weighted by atomic mass is 35.5. The number of hydrogen-bond donors (Lipinski definition) is 2. The fourth-order valence-electron chi connectivity index (χ4n) is 5.57. The fraction of sp³-hybridized carbons (Fsp3) is 0.947. The van der Waals surface area contributed by atoms with E-state index in [1.54, 1.807) is 0 Å². The first-order valence-corrected chi connectivity index (χ1v) is 10.1. The molecule has 2 N–H and O–H groups in total. The molecule has 4 nitrogen and oxygen atoms in total. The first-order chi connectivity index (χ1) is 11.3. The lowest BCUT2D eigenvalue weighted by atomic mass is 9.89. The Kier molecular flexibility index (Phi) is 8.32. The summed E-state index contributed by atoms with van der Waals surface area (Å²) in [5.41, 5.74) is 0. The highest BCUT2D eigenvalue weighted by Gasteiger charge is 2.34. The van der Waals surface area contributed by atoms with Crippen LogP contribution in [0.5, 0.6) is 0 Å². The van der Waals surface area contributed by atoms with Gasteiger partial charge in [0, 0.05) is 43.7 Å². The van der Waals surface area contributed by atoms with Gasteiger partial charge < -0.3 is 15.5 Å². The number of hydrogen-bond acceptors (Lipinski definition) is 3. The molecule has 2 bridgehead atoms. The predicted octanol–water partition coefficient (Wildman–Crippen LogP) is 3.27. The maximum atomic E-state index is 12.4. The van der Waals surface area contributed by atoms with Gasteiger partial charge in [0.1, 0.15) is 0 Å². The van der Waals surface area contributed by atoms with Crippen molar-refractivity contribution in [3.63, 3.8) is 0 Å². The van der Waals surface area contributed by atoms with Crippen molar-refractivity contribution in [2.24, 2.45) is 5.92 Å². The summed E-state index contributed by atoms with van der Waals surface area (Å²) >= 11 is 0. The Morgan fingerprint density at radius 3 is 2.12 bits per heavy atom. The zero-order valence-electron chi connectivity index (χ0n) is 15.3.